The highest BCUT2D eigenvalue weighted by Crippen LogP contribution is 2.09. The Bertz CT molecular complexity index is 317. The van der Waals surface area contributed by atoms with Gasteiger partial charge >= 0.3 is 5.97 Å². The SMILES string of the molecule is C=C(Br)C[C@H](NC(=O)COC(C)=O)C(N)=O. The van der Waals surface area contributed by atoms with Crippen LogP contribution < -0.4 is 11.1 Å². The summed E-state index contributed by atoms with van der Waals surface area (Å²) in [5.41, 5.74) is 5.07. The summed E-state index contributed by atoms with van der Waals surface area (Å²) in [7, 11) is 0. The molecule has 90 valence electrons. The summed E-state index contributed by atoms with van der Waals surface area (Å²) in [6.07, 6.45) is 0.182. The maximum Gasteiger partial charge on any atom is 0.303 e. The van der Waals surface area contributed by atoms with Crippen LogP contribution in [0.25, 0.3) is 0 Å². The van der Waals surface area contributed by atoms with E-state index in [0.717, 1.165) is 0 Å². The molecular weight excluding hydrogens is 280 g/mol. The van der Waals surface area contributed by atoms with Gasteiger partial charge in [0.05, 0.1) is 0 Å². The highest BCUT2D eigenvalue weighted by molar-refractivity contribution is 9.11. The molecule has 0 aliphatic heterocycles. The average molecular weight is 293 g/mol. The normalized spacial score (nSPS) is 11.4. The first-order chi connectivity index (χ1) is 7.32. The Morgan fingerprint density at radius 2 is 2.06 bits per heavy atom. The Kier molecular flexibility index (Phi) is 6.40. The fraction of sp³-hybridized carbons (Fsp3) is 0.444. The van der Waals surface area contributed by atoms with Gasteiger partial charge in [0.15, 0.2) is 6.61 Å². The molecule has 0 aromatic heterocycles. The molecule has 16 heavy (non-hydrogen) atoms. The van der Waals surface area contributed by atoms with Crippen LogP contribution in [0.4, 0.5) is 0 Å². The molecule has 0 heterocycles. The predicted molar refractivity (Wildman–Crippen MR) is 60.4 cm³/mol. The number of hydrogen-bond acceptors (Lipinski definition) is 4. The van der Waals surface area contributed by atoms with E-state index in [1.807, 2.05) is 0 Å². The van der Waals surface area contributed by atoms with E-state index in [1.54, 1.807) is 0 Å². The zero-order valence-electron chi connectivity index (χ0n) is 8.79. The molecule has 2 amide bonds. The van der Waals surface area contributed by atoms with Crippen molar-refractivity contribution in [3.05, 3.63) is 11.1 Å². The highest BCUT2D eigenvalue weighted by Gasteiger charge is 2.18. The molecule has 0 aliphatic carbocycles. The van der Waals surface area contributed by atoms with Gasteiger partial charge in [-0.2, -0.15) is 0 Å². The third kappa shape index (κ3) is 6.99. The molecule has 0 saturated heterocycles. The number of rotatable bonds is 6. The van der Waals surface area contributed by atoms with Gasteiger partial charge in [0.2, 0.25) is 5.91 Å². The Labute approximate surface area is 101 Å². The van der Waals surface area contributed by atoms with Crippen LogP contribution in [0.15, 0.2) is 11.1 Å². The monoisotopic (exact) mass is 292 g/mol. The summed E-state index contributed by atoms with van der Waals surface area (Å²) in [5, 5.41) is 2.32. The molecule has 0 aromatic carbocycles. The van der Waals surface area contributed by atoms with Crippen molar-refractivity contribution in [2.24, 2.45) is 5.73 Å². The average Bonchev–Trinajstić information content (AvgIpc) is 2.12. The Morgan fingerprint density at radius 3 is 2.44 bits per heavy atom. The fourth-order valence-corrected chi connectivity index (χ4v) is 1.17. The standard InChI is InChI=1S/C9H13BrN2O4/c1-5(10)3-7(9(11)15)12-8(14)4-16-6(2)13/h7H,1,3-4H2,2H3,(H2,11,15)(H,12,14)/t7-/m0/s1. The summed E-state index contributed by atoms with van der Waals surface area (Å²) >= 11 is 3.06. The maximum atomic E-state index is 11.2. The number of esters is 1. The van der Waals surface area contributed by atoms with Gasteiger partial charge in [-0.25, -0.2) is 0 Å². The zero-order valence-corrected chi connectivity index (χ0v) is 10.4. The molecule has 0 unspecified atom stereocenters. The van der Waals surface area contributed by atoms with E-state index in [2.05, 4.69) is 32.6 Å². The molecule has 6 nitrogen and oxygen atoms in total. The summed E-state index contributed by atoms with van der Waals surface area (Å²) < 4.78 is 4.98. The van der Waals surface area contributed by atoms with Crippen molar-refractivity contribution in [2.75, 3.05) is 6.61 Å². The van der Waals surface area contributed by atoms with Crippen molar-refractivity contribution >= 4 is 33.7 Å². The molecule has 3 N–H and O–H groups in total. The third-order valence-corrected chi connectivity index (χ3v) is 1.83. The predicted octanol–water partition coefficient (Wildman–Crippen LogP) is -0.182. The lowest BCUT2D eigenvalue weighted by molar-refractivity contribution is -0.146. The van der Waals surface area contributed by atoms with Crippen LogP contribution in [0.3, 0.4) is 0 Å². The first-order valence-electron chi connectivity index (χ1n) is 4.38. The maximum absolute atomic E-state index is 11.2. The summed E-state index contributed by atoms with van der Waals surface area (Å²) in [6.45, 7) is 4.27. The molecule has 0 saturated carbocycles. The lowest BCUT2D eigenvalue weighted by Gasteiger charge is -2.14. The van der Waals surface area contributed by atoms with Crippen LogP contribution in [0, 0.1) is 0 Å². The quantitative estimate of drug-likeness (QED) is 0.664. The molecule has 0 aliphatic rings. The minimum Gasteiger partial charge on any atom is -0.456 e. The molecule has 0 bridgehead atoms. The molecule has 0 rings (SSSR count). The van der Waals surface area contributed by atoms with Gasteiger partial charge in [-0.15, -0.1) is 0 Å². The lowest BCUT2D eigenvalue weighted by atomic mass is 10.2. The van der Waals surface area contributed by atoms with Crippen LogP contribution in [0.5, 0.6) is 0 Å². The number of primary amides is 1. The first kappa shape index (κ1) is 14.6. The van der Waals surface area contributed by atoms with E-state index in [-0.39, 0.29) is 6.42 Å². The largest absolute Gasteiger partial charge is 0.456 e. The third-order valence-electron chi connectivity index (χ3n) is 1.51. The number of nitrogens with two attached hydrogens (primary N) is 1. The van der Waals surface area contributed by atoms with Crippen molar-refractivity contribution in [1.29, 1.82) is 0 Å². The van der Waals surface area contributed by atoms with Gasteiger partial charge in [-0.3, -0.25) is 14.4 Å². The zero-order chi connectivity index (χ0) is 12.7. The van der Waals surface area contributed by atoms with E-state index in [4.69, 9.17) is 5.73 Å². The molecule has 0 aromatic rings. The van der Waals surface area contributed by atoms with Gasteiger partial charge in [-0.1, -0.05) is 22.5 Å². The van der Waals surface area contributed by atoms with Crippen LogP contribution >= 0.6 is 15.9 Å². The highest BCUT2D eigenvalue weighted by atomic mass is 79.9. The minimum atomic E-state index is -0.866. The van der Waals surface area contributed by atoms with Gasteiger partial charge in [0.25, 0.3) is 5.91 Å². The van der Waals surface area contributed by atoms with E-state index in [9.17, 15) is 14.4 Å². The second kappa shape index (κ2) is 7.00. The van der Waals surface area contributed by atoms with E-state index >= 15 is 0 Å². The van der Waals surface area contributed by atoms with Crippen molar-refractivity contribution < 1.29 is 19.1 Å². The van der Waals surface area contributed by atoms with Crippen LogP contribution in [-0.4, -0.2) is 30.4 Å². The summed E-state index contributed by atoms with van der Waals surface area (Å²) in [6, 6.07) is -0.866. The van der Waals surface area contributed by atoms with Gasteiger partial charge in [0, 0.05) is 13.3 Å². The summed E-state index contributed by atoms with van der Waals surface area (Å²) in [4.78, 5) is 32.6. The molecule has 0 spiro atoms. The van der Waals surface area contributed by atoms with E-state index in [1.165, 1.54) is 6.92 Å². The van der Waals surface area contributed by atoms with Crippen LogP contribution in [0.2, 0.25) is 0 Å². The number of nitrogens with one attached hydrogen (secondary N) is 1. The molecular formula is C9H13BrN2O4. The number of carbonyl (C=O) groups excluding carboxylic acids is 3. The molecule has 7 heteroatoms. The number of halogens is 1. The topological polar surface area (TPSA) is 98.5 Å². The Morgan fingerprint density at radius 1 is 1.50 bits per heavy atom. The van der Waals surface area contributed by atoms with Crippen molar-refractivity contribution in [3.8, 4) is 0 Å². The minimum absolute atomic E-state index is 0.182. The number of carbonyl (C=O) groups is 3. The Hall–Kier alpha value is -1.37. The van der Waals surface area contributed by atoms with Crippen molar-refractivity contribution in [2.45, 2.75) is 19.4 Å². The van der Waals surface area contributed by atoms with Gasteiger partial charge in [-0.05, 0) is 4.48 Å². The van der Waals surface area contributed by atoms with Gasteiger partial charge < -0.3 is 15.8 Å². The van der Waals surface area contributed by atoms with Gasteiger partial charge in [0.1, 0.15) is 6.04 Å². The van der Waals surface area contributed by atoms with Crippen molar-refractivity contribution in [1.82, 2.24) is 5.32 Å². The molecule has 0 radical (unpaired) electrons. The van der Waals surface area contributed by atoms with E-state index in [0.29, 0.717) is 4.48 Å². The molecule has 0 fully saturated rings. The van der Waals surface area contributed by atoms with Crippen molar-refractivity contribution in [3.63, 3.8) is 0 Å². The fourth-order valence-electron chi connectivity index (χ4n) is 0.847. The lowest BCUT2D eigenvalue weighted by Crippen LogP contribution is -2.45. The number of ether oxygens (including phenoxy) is 1. The number of amides is 2. The smallest absolute Gasteiger partial charge is 0.303 e. The first-order valence-corrected chi connectivity index (χ1v) is 5.17. The Balaban J connectivity index is 4.18. The molecule has 1 atom stereocenters. The second-order valence-corrected chi connectivity index (χ2v) is 4.15. The van der Waals surface area contributed by atoms with Crippen LogP contribution in [0.1, 0.15) is 13.3 Å². The summed E-state index contributed by atoms with van der Waals surface area (Å²) in [5.74, 6) is -1.85. The van der Waals surface area contributed by atoms with Crippen LogP contribution in [-0.2, 0) is 19.1 Å². The second-order valence-electron chi connectivity index (χ2n) is 3.02. The number of hydrogen-bond donors (Lipinski definition) is 2. The van der Waals surface area contributed by atoms with E-state index < -0.39 is 30.4 Å².